The van der Waals surface area contributed by atoms with Crippen molar-refractivity contribution in [2.75, 3.05) is 6.61 Å². The van der Waals surface area contributed by atoms with Crippen molar-refractivity contribution in [1.82, 2.24) is 0 Å². The molecule has 0 amide bonds. The smallest absolute Gasteiger partial charge is 0.174 e. The Balaban J connectivity index is 2.40. The zero-order valence-corrected chi connectivity index (χ0v) is 6.47. The van der Waals surface area contributed by atoms with Crippen molar-refractivity contribution in [1.29, 1.82) is 5.26 Å². The van der Waals surface area contributed by atoms with E-state index in [1.807, 2.05) is 18.2 Å². The Bertz CT molecular complexity index is 266. The SMILES string of the molecule is N#C[C@H](O)COc1ccccc1. The van der Waals surface area contributed by atoms with Crippen LogP contribution >= 0.6 is 0 Å². The third-order valence-electron chi connectivity index (χ3n) is 1.30. The van der Waals surface area contributed by atoms with Gasteiger partial charge < -0.3 is 9.84 Å². The van der Waals surface area contributed by atoms with Crippen LogP contribution in [0.3, 0.4) is 0 Å². The number of hydrogen-bond donors (Lipinski definition) is 1. The number of hydrogen-bond acceptors (Lipinski definition) is 3. The van der Waals surface area contributed by atoms with Crippen LogP contribution in [0, 0.1) is 11.3 Å². The monoisotopic (exact) mass is 163 g/mol. The van der Waals surface area contributed by atoms with Gasteiger partial charge in [-0.25, -0.2) is 0 Å². The molecule has 62 valence electrons. The lowest BCUT2D eigenvalue weighted by Crippen LogP contribution is -2.14. The molecule has 0 bridgehead atoms. The van der Waals surface area contributed by atoms with E-state index in [9.17, 15) is 0 Å². The van der Waals surface area contributed by atoms with Gasteiger partial charge in [0.25, 0.3) is 0 Å². The molecule has 0 fully saturated rings. The van der Waals surface area contributed by atoms with Gasteiger partial charge in [-0.15, -0.1) is 0 Å². The first kappa shape index (κ1) is 8.57. The van der Waals surface area contributed by atoms with Gasteiger partial charge in [0.1, 0.15) is 12.4 Å². The van der Waals surface area contributed by atoms with Crippen LogP contribution < -0.4 is 4.74 Å². The van der Waals surface area contributed by atoms with E-state index >= 15 is 0 Å². The fourth-order valence-electron chi connectivity index (χ4n) is 0.729. The molecule has 0 radical (unpaired) electrons. The summed E-state index contributed by atoms with van der Waals surface area (Å²) in [5.41, 5.74) is 0. The van der Waals surface area contributed by atoms with Crippen molar-refractivity contribution < 1.29 is 9.84 Å². The third kappa shape index (κ3) is 2.60. The Labute approximate surface area is 70.8 Å². The molecule has 0 saturated carbocycles. The molecule has 0 saturated heterocycles. The highest BCUT2D eigenvalue weighted by Crippen LogP contribution is 2.07. The standard InChI is InChI=1S/C9H9NO2/c10-6-8(11)7-12-9-4-2-1-3-5-9/h1-5,8,11H,7H2/t8-/m0/s1. The van der Waals surface area contributed by atoms with E-state index in [1.54, 1.807) is 18.2 Å². The lowest BCUT2D eigenvalue weighted by Gasteiger charge is -2.05. The molecule has 1 aromatic rings. The normalized spacial score (nSPS) is 11.7. The lowest BCUT2D eigenvalue weighted by atomic mass is 10.3. The van der Waals surface area contributed by atoms with Crippen LogP contribution in [-0.2, 0) is 0 Å². The fraction of sp³-hybridized carbons (Fsp3) is 0.222. The Morgan fingerprint density at radius 2 is 2.08 bits per heavy atom. The number of aliphatic hydroxyl groups excluding tert-OH is 1. The molecule has 0 aliphatic carbocycles. The van der Waals surface area contributed by atoms with Crippen molar-refractivity contribution in [3.05, 3.63) is 30.3 Å². The summed E-state index contributed by atoms with van der Waals surface area (Å²) in [5.74, 6) is 0.659. The van der Waals surface area contributed by atoms with Crippen LogP contribution in [0.5, 0.6) is 5.75 Å². The highest BCUT2D eigenvalue weighted by Gasteiger charge is 2.00. The van der Waals surface area contributed by atoms with Crippen molar-refractivity contribution in [3.8, 4) is 11.8 Å². The maximum absolute atomic E-state index is 8.83. The summed E-state index contributed by atoms with van der Waals surface area (Å²) in [7, 11) is 0. The second-order valence-corrected chi connectivity index (χ2v) is 2.27. The average molecular weight is 163 g/mol. The number of benzene rings is 1. The maximum Gasteiger partial charge on any atom is 0.174 e. The fourth-order valence-corrected chi connectivity index (χ4v) is 0.729. The van der Waals surface area contributed by atoms with Crippen LogP contribution in [0.4, 0.5) is 0 Å². The van der Waals surface area contributed by atoms with Gasteiger partial charge in [0.2, 0.25) is 0 Å². The Morgan fingerprint density at radius 1 is 1.42 bits per heavy atom. The Kier molecular flexibility index (Phi) is 3.12. The molecule has 1 N–H and O–H groups in total. The molecule has 0 aliphatic rings. The summed E-state index contributed by atoms with van der Waals surface area (Å²) >= 11 is 0. The van der Waals surface area contributed by atoms with E-state index in [2.05, 4.69) is 0 Å². The van der Waals surface area contributed by atoms with Crippen molar-refractivity contribution >= 4 is 0 Å². The number of nitriles is 1. The van der Waals surface area contributed by atoms with Gasteiger partial charge in [0.05, 0.1) is 6.07 Å². The van der Waals surface area contributed by atoms with Crippen molar-refractivity contribution in [2.45, 2.75) is 6.10 Å². The zero-order valence-electron chi connectivity index (χ0n) is 6.47. The van der Waals surface area contributed by atoms with Gasteiger partial charge in [-0.05, 0) is 12.1 Å². The van der Waals surface area contributed by atoms with Crippen LogP contribution in [0.1, 0.15) is 0 Å². The predicted molar refractivity (Wildman–Crippen MR) is 43.6 cm³/mol. The summed E-state index contributed by atoms with van der Waals surface area (Å²) in [6.45, 7) is 0.0144. The molecule has 1 rings (SSSR count). The van der Waals surface area contributed by atoms with Gasteiger partial charge >= 0.3 is 0 Å². The van der Waals surface area contributed by atoms with Gasteiger partial charge in [0.15, 0.2) is 6.10 Å². The second-order valence-electron chi connectivity index (χ2n) is 2.27. The lowest BCUT2D eigenvalue weighted by molar-refractivity contribution is 0.150. The molecular formula is C9H9NO2. The molecule has 0 aliphatic heterocycles. The zero-order chi connectivity index (χ0) is 8.81. The summed E-state index contributed by atoms with van der Waals surface area (Å²) in [6, 6.07) is 10.7. The quantitative estimate of drug-likeness (QED) is 0.675. The van der Waals surface area contributed by atoms with Gasteiger partial charge in [-0.2, -0.15) is 5.26 Å². The molecule has 0 spiro atoms. The highest BCUT2D eigenvalue weighted by atomic mass is 16.5. The Morgan fingerprint density at radius 3 is 2.67 bits per heavy atom. The summed E-state index contributed by atoms with van der Waals surface area (Å²) in [6.07, 6.45) is -1.05. The first-order chi connectivity index (χ1) is 5.83. The number of nitrogens with zero attached hydrogens (tertiary/aromatic N) is 1. The van der Waals surface area contributed by atoms with Crippen molar-refractivity contribution in [2.24, 2.45) is 0 Å². The minimum atomic E-state index is -1.05. The summed E-state index contributed by atoms with van der Waals surface area (Å²) in [5, 5.41) is 17.1. The molecule has 1 aromatic carbocycles. The van der Waals surface area contributed by atoms with Crippen LogP contribution in [0.25, 0.3) is 0 Å². The van der Waals surface area contributed by atoms with E-state index in [-0.39, 0.29) is 6.61 Å². The number of ether oxygens (including phenoxy) is 1. The number of rotatable bonds is 3. The highest BCUT2D eigenvalue weighted by molar-refractivity contribution is 5.21. The topological polar surface area (TPSA) is 53.2 Å². The minimum absolute atomic E-state index is 0.0144. The van der Waals surface area contributed by atoms with E-state index in [0.29, 0.717) is 5.75 Å². The summed E-state index contributed by atoms with van der Waals surface area (Å²) < 4.78 is 5.09. The van der Waals surface area contributed by atoms with E-state index in [1.165, 1.54) is 0 Å². The molecule has 1 atom stereocenters. The van der Waals surface area contributed by atoms with Crippen molar-refractivity contribution in [3.63, 3.8) is 0 Å². The molecule has 12 heavy (non-hydrogen) atoms. The van der Waals surface area contributed by atoms with Crippen LogP contribution in [0.2, 0.25) is 0 Å². The largest absolute Gasteiger partial charge is 0.490 e. The van der Waals surface area contributed by atoms with Gasteiger partial charge in [-0.1, -0.05) is 18.2 Å². The molecule has 0 unspecified atom stereocenters. The number of para-hydroxylation sites is 1. The molecule has 0 heterocycles. The molecule has 0 aromatic heterocycles. The van der Waals surface area contributed by atoms with Gasteiger partial charge in [0, 0.05) is 0 Å². The van der Waals surface area contributed by atoms with Crippen LogP contribution in [-0.4, -0.2) is 17.8 Å². The first-order valence-corrected chi connectivity index (χ1v) is 3.58. The van der Waals surface area contributed by atoms with E-state index in [4.69, 9.17) is 15.1 Å². The minimum Gasteiger partial charge on any atom is -0.490 e. The van der Waals surface area contributed by atoms with E-state index in [0.717, 1.165) is 0 Å². The molecular weight excluding hydrogens is 154 g/mol. The third-order valence-corrected chi connectivity index (χ3v) is 1.30. The molecule has 3 heteroatoms. The average Bonchev–Trinajstić information content (AvgIpc) is 2.16. The number of aliphatic hydroxyl groups is 1. The van der Waals surface area contributed by atoms with E-state index < -0.39 is 6.10 Å². The summed E-state index contributed by atoms with van der Waals surface area (Å²) in [4.78, 5) is 0. The van der Waals surface area contributed by atoms with Crippen LogP contribution in [0.15, 0.2) is 30.3 Å². The van der Waals surface area contributed by atoms with Gasteiger partial charge in [-0.3, -0.25) is 0 Å². The maximum atomic E-state index is 8.83. The second kappa shape index (κ2) is 4.37. The predicted octanol–water partition coefficient (Wildman–Crippen LogP) is 0.950. The first-order valence-electron chi connectivity index (χ1n) is 3.58. The molecule has 3 nitrogen and oxygen atoms in total. The Hall–Kier alpha value is -1.53.